The number of fused-ring (bicyclic) bond motifs is 2. The number of carbonyl (C=O) groups is 1. The Labute approximate surface area is 154 Å². The van der Waals surface area contributed by atoms with E-state index in [4.69, 9.17) is 0 Å². The number of hydrogen-bond donors (Lipinski definition) is 2. The minimum absolute atomic E-state index is 0.0991. The maximum atomic E-state index is 12.4. The van der Waals surface area contributed by atoms with E-state index in [0.29, 0.717) is 5.56 Å². The number of rotatable bonds is 4. The molecule has 0 saturated carbocycles. The van der Waals surface area contributed by atoms with Gasteiger partial charge in [0.2, 0.25) is 0 Å². The Morgan fingerprint density at radius 1 is 1.15 bits per heavy atom. The highest BCUT2D eigenvalue weighted by Gasteiger charge is 2.18. The standard InChI is InChI=1S/C20H17N5O2/c1-13(25-18-9-5-4-8-17(18)22-24-25)20(27)23-21-12-16-15-7-3-2-6-14(15)10-11-19(16)26/h2-13,26H,1H3,(H,23,27)/b21-12-/t13-/m0/s1. The van der Waals surface area contributed by atoms with Crippen LogP contribution in [-0.4, -0.2) is 32.2 Å². The largest absolute Gasteiger partial charge is 0.507 e. The van der Waals surface area contributed by atoms with Crippen molar-refractivity contribution in [1.29, 1.82) is 0 Å². The second-order valence-corrected chi connectivity index (χ2v) is 6.15. The van der Waals surface area contributed by atoms with E-state index in [-0.39, 0.29) is 11.7 Å². The van der Waals surface area contributed by atoms with Gasteiger partial charge in [-0.15, -0.1) is 5.10 Å². The van der Waals surface area contributed by atoms with Gasteiger partial charge in [-0.25, -0.2) is 10.1 Å². The molecule has 1 atom stereocenters. The van der Waals surface area contributed by atoms with Crippen LogP contribution in [0.4, 0.5) is 0 Å². The molecule has 7 heteroatoms. The average Bonchev–Trinajstić information content (AvgIpc) is 3.13. The molecule has 1 amide bonds. The molecule has 2 N–H and O–H groups in total. The van der Waals surface area contributed by atoms with E-state index < -0.39 is 6.04 Å². The number of amides is 1. The number of para-hydroxylation sites is 1. The molecule has 0 radical (unpaired) electrons. The van der Waals surface area contributed by atoms with Crippen LogP contribution in [0, 0.1) is 0 Å². The molecule has 4 aromatic rings. The Hall–Kier alpha value is -3.74. The van der Waals surface area contributed by atoms with Crippen molar-refractivity contribution in [3.8, 4) is 5.75 Å². The average molecular weight is 359 g/mol. The molecule has 134 valence electrons. The number of aromatic hydroxyl groups is 1. The number of carbonyl (C=O) groups excluding carboxylic acids is 1. The molecule has 0 aliphatic heterocycles. The number of nitrogens with zero attached hydrogens (tertiary/aromatic N) is 4. The Morgan fingerprint density at radius 2 is 1.93 bits per heavy atom. The van der Waals surface area contributed by atoms with Crippen LogP contribution in [0.1, 0.15) is 18.5 Å². The molecule has 0 aliphatic carbocycles. The van der Waals surface area contributed by atoms with E-state index in [1.807, 2.05) is 54.6 Å². The van der Waals surface area contributed by atoms with Gasteiger partial charge in [0.15, 0.2) is 0 Å². The Kier molecular flexibility index (Phi) is 4.25. The Morgan fingerprint density at radius 3 is 2.81 bits per heavy atom. The Balaban J connectivity index is 1.55. The van der Waals surface area contributed by atoms with Crippen LogP contribution in [0.25, 0.3) is 21.8 Å². The number of phenolic OH excluding ortho intramolecular Hbond substituents is 1. The lowest BCUT2D eigenvalue weighted by molar-refractivity contribution is -0.124. The molecule has 1 heterocycles. The maximum Gasteiger partial charge on any atom is 0.264 e. The molecule has 0 saturated heterocycles. The summed E-state index contributed by atoms with van der Waals surface area (Å²) in [5.41, 5.74) is 4.55. The number of aromatic nitrogens is 3. The molecule has 0 bridgehead atoms. The fourth-order valence-electron chi connectivity index (χ4n) is 2.96. The molecule has 0 fully saturated rings. The van der Waals surface area contributed by atoms with E-state index in [1.54, 1.807) is 17.7 Å². The third-order valence-electron chi connectivity index (χ3n) is 4.44. The predicted molar refractivity (Wildman–Crippen MR) is 104 cm³/mol. The van der Waals surface area contributed by atoms with Crippen molar-refractivity contribution >= 4 is 33.9 Å². The number of hydrogen-bond acceptors (Lipinski definition) is 5. The topological polar surface area (TPSA) is 92.4 Å². The van der Waals surface area contributed by atoms with Gasteiger partial charge in [0.05, 0.1) is 11.7 Å². The van der Waals surface area contributed by atoms with E-state index in [0.717, 1.165) is 21.8 Å². The van der Waals surface area contributed by atoms with E-state index in [2.05, 4.69) is 20.8 Å². The summed E-state index contributed by atoms with van der Waals surface area (Å²) in [6.07, 6.45) is 1.45. The molecule has 7 nitrogen and oxygen atoms in total. The van der Waals surface area contributed by atoms with Crippen LogP contribution < -0.4 is 5.43 Å². The molecule has 0 aliphatic rings. The van der Waals surface area contributed by atoms with Crippen molar-refractivity contribution in [3.05, 3.63) is 66.2 Å². The van der Waals surface area contributed by atoms with Gasteiger partial charge < -0.3 is 5.11 Å². The molecule has 0 spiro atoms. The molecule has 4 rings (SSSR count). The highest BCUT2D eigenvalue weighted by Crippen LogP contribution is 2.25. The zero-order valence-corrected chi connectivity index (χ0v) is 14.6. The third kappa shape index (κ3) is 3.10. The lowest BCUT2D eigenvalue weighted by Crippen LogP contribution is -2.28. The molecular weight excluding hydrogens is 342 g/mol. The van der Waals surface area contributed by atoms with Crippen molar-refractivity contribution in [2.24, 2.45) is 5.10 Å². The van der Waals surface area contributed by atoms with Gasteiger partial charge in [0.1, 0.15) is 17.3 Å². The smallest absolute Gasteiger partial charge is 0.264 e. The summed E-state index contributed by atoms with van der Waals surface area (Å²) in [6.45, 7) is 1.72. The van der Waals surface area contributed by atoms with Crippen molar-refractivity contribution < 1.29 is 9.90 Å². The van der Waals surface area contributed by atoms with Crippen molar-refractivity contribution in [2.75, 3.05) is 0 Å². The van der Waals surface area contributed by atoms with Crippen LogP contribution in [0.5, 0.6) is 5.75 Å². The summed E-state index contributed by atoms with van der Waals surface area (Å²) in [6, 6.07) is 17.9. The van der Waals surface area contributed by atoms with Gasteiger partial charge >= 0.3 is 0 Å². The molecule has 1 aromatic heterocycles. The van der Waals surface area contributed by atoms with Crippen LogP contribution >= 0.6 is 0 Å². The summed E-state index contributed by atoms with van der Waals surface area (Å²) < 4.78 is 1.55. The van der Waals surface area contributed by atoms with Gasteiger partial charge in [-0.2, -0.15) is 5.10 Å². The van der Waals surface area contributed by atoms with E-state index >= 15 is 0 Å². The first-order chi connectivity index (χ1) is 13.1. The van der Waals surface area contributed by atoms with Crippen LogP contribution in [0.2, 0.25) is 0 Å². The number of phenols is 1. The van der Waals surface area contributed by atoms with E-state index in [9.17, 15) is 9.90 Å². The van der Waals surface area contributed by atoms with Gasteiger partial charge in [0.25, 0.3) is 5.91 Å². The zero-order valence-electron chi connectivity index (χ0n) is 14.6. The lowest BCUT2D eigenvalue weighted by Gasteiger charge is -2.10. The first kappa shape index (κ1) is 16.7. The number of hydrazone groups is 1. The minimum Gasteiger partial charge on any atom is -0.507 e. The second kappa shape index (κ2) is 6.87. The van der Waals surface area contributed by atoms with Crippen LogP contribution in [-0.2, 0) is 4.79 Å². The summed E-state index contributed by atoms with van der Waals surface area (Å²) in [7, 11) is 0. The zero-order chi connectivity index (χ0) is 18.8. The van der Waals surface area contributed by atoms with Gasteiger partial charge in [-0.1, -0.05) is 47.7 Å². The Bertz CT molecular complexity index is 1170. The first-order valence-corrected chi connectivity index (χ1v) is 8.49. The summed E-state index contributed by atoms with van der Waals surface area (Å²) in [4.78, 5) is 12.4. The quantitative estimate of drug-likeness (QED) is 0.433. The van der Waals surface area contributed by atoms with Crippen LogP contribution in [0.3, 0.4) is 0 Å². The van der Waals surface area contributed by atoms with E-state index in [1.165, 1.54) is 6.21 Å². The molecule has 0 unspecified atom stereocenters. The lowest BCUT2D eigenvalue weighted by atomic mass is 10.0. The predicted octanol–water partition coefficient (Wildman–Crippen LogP) is 3.00. The number of benzene rings is 3. The van der Waals surface area contributed by atoms with Gasteiger partial charge in [0, 0.05) is 5.56 Å². The normalized spacial score (nSPS) is 12.6. The second-order valence-electron chi connectivity index (χ2n) is 6.15. The van der Waals surface area contributed by atoms with Crippen molar-refractivity contribution in [2.45, 2.75) is 13.0 Å². The summed E-state index contributed by atoms with van der Waals surface area (Å²) in [5.74, 6) is -0.233. The van der Waals surface area contributed by atoms with Crippen LogP contribution in [0.15, 0.2) is 65.8 Å². The monoisotopic (exact) mass is 359 g/mol. The minimum atomic E-state index is -0.587. The molecule has 27 heavy (non-hydrogen) atoms. The summed E-state index contributed by atoms with van der Waals surface area (Å²) >= 11 is 0. The third-order valence-corrected chi connectivity index (χ3v) is 4.44. The fraction of sp³-hybridized carbons (Fsp3) is 0.100. The van der Waals surface area contributed by atoms with Crippen molar-refractivity contribution in [3.63, 3.8) is 0 Å². The first-order valence-electron chi connectivity index (χ1n) is 8.49. The molecular formula is C20H17N5O2. The fourth-order valence-corrected chi connectivity index (χ4v) is 2.96. The highest BCUT2D eigenvalue weighted by atomic mass is 16.3. The maximum absolute atomic E-state index is 12.4. The molecule has 3 aromatic carbocycles. The highest BCUT2D eigenvalue weighted by molar-refractivity contribution is 6.02. The summed E-state index contributed by atoms with van der Waals surface area (Å²) in [5, 5.41) is 24.1. The van der Waals surface area contributed by atoms with Gasteiger partial charge in [-0.3, -0.25) is 4.79 Å². The SMILES string of the molecule is C[C@@H](C(=O)N/N=C\c1c(O)ccc2ccccc12)n1nnc2ccccc21. The number of nitrogens with one attached hydrogen (secondary N) is 1. The van der Waals surface area contributed by atoms with Gasteiger partial charge in [-0.05, 0) is 35.9 Å². The van der Waals surface area contributed by atoms with Crippen molar-refractivity contribution in [1.82, 2.24) is 20.4 Å².